The molecule has 5 heteroatoms. The topological polar surface area (TPSA) is 69.7 Å². The Morgan fingerprint density at radius 2 is 1.78 bits per heavy atom. The number of aliphatic hydroxyl groups is 2. The van der Waals surface area contributed by atoms with Crippen molar-refractivity contribution in [1.29, 1.82) is 0 Å². The third kappa shape index (κ3) is 3.93. The van der Waals surface area contributed by atoms with Crippen LogP contribution in [0.4, 0.5) is 0 Å². The second-order valence-corrected chi connectivity index (χ2v) is 4.72. The summed E-state index contributed by atoms with van der Waals surface area (Å²) in [5, 5.41) is 18.9. The molecule has 102 valence electrons. The van der Waals surface area contributed by atoms with Crippen LogP contribution in [-0.2, 0) is 0 Å². The first-order chi connectivity index (χ1) is 8.61. The summed E-state index contributed by atoms with van der Waals surface area (Å²) in [6.07, 6.45) is 0. The first-order valence-corrected chi connectivity index (χ1v) is 6.45. The van der Waals surface area contributed by atoms with Gasteiger partial charge in [-0.3, -0.25) is 4.90 Å². The molecule has 1 rings (SSSR count). The average Bonchev–Trinajstić information content (AvgIpc) is 2.32. The van der Waals surface area contributed by atoms with Crippen LogP contribution in [0.2, 0.25) is 5.02 Å². The molecule has 0 aliphatic carbocycles. The Kier molecular flexibility index (Phi) is 6.60. The molecule has 1 aromatic carbocycles. The van der Waals surface area contributed by atoms with Crippen molar-refractivity contribution >= 4 is 11.6 Å². The van der Waals surface area contributed by atoms with Gasteiger partial charge in [-0.1, -0.05) is 29.8 Å². The molecular formula is C13H21ClN2O2. The predicted molar refractivity (Wildman–Crippen MR) is 73.6 cm³/mol. The van der Waals surface area contributed by atoms with E-state index in [1.807, 2.05) is 36.1 Å². The molecule has 1 aromatic rings. The fourth-order valence-corrected chi connectivity index (χ4v) is 2.42. The Morgan fingerprint density at radius 3 is 2.22 bits per heavy atom. The molecule has 2 unspecified atom stereocenters. The van der Waals surface area contributed by atoms with Gasteiger partial charge in [-0.05, 0) is 18.6 Å². The largest absolute Gasteiger partial charge is 0.395 e. The molecule has 0 saturated carbocycles. The quantitative estimate of drug-likeness (QED) is 0.693. The molecule has 0 bridgehead atoms. The van der Waals surface area contributed by atoms with E-state index in [2.05, 4.69) is 0 Å². The van der Waals surface area contributed by atoms with E-state index >= 15 is 0 Å². The first kappa shape index (κ1) is 15.4. The number of hydrogen-bond donors (Lipinski definition) is 3. The summed E-state index contributed by atoms with van der Waals surface area (Å²) in [5.41, 5.74) is 6.96. The molecule has 0 amide bonds. The van der Waals surface area contributed by atoms with Crippen LogP contribution in [0.5, 0.6) is 0 Å². The summed E-state index contributed by atoms with van der Waals surface area (Å²) in [5.74, 6) is 0. The van der Waals surface area contributed by atoms with Gasteiger partial charge in [0.05, 0.1) is 19.3 Å². The van der Waals surface area contributed by atoms with Gasteiger partial charge < -0.3 is 15.9 Å². The van der Waals surface area contributed by atoms with Crippen LogP contribution in [-0.4, -0.2) is 47.5 Å². The van der Waals surface area contributed by atoms with E-state index in [4.69, 9.17) is 27.5 Å². The SMILES string of the molecule is CC(N)C(c1ccccc1Cl)N(CCO)CCO. The lowest BCUT2D eigenvalue weighted by Gasteiger charge is -2.34. The molecule has 4 nitrogen and oxygen atoms in total. The van der Waals surface area contributed by atoms with Crippen LogP contribution in [0.25, 0.3) is 0 Å². The second kappa shape index (κ2) is 7.71. The molecule has 2 atom stereocenters. The zero-order chi connectivity index (χ0) is 13.5. The van der Waals surface area contributed by atoms with Crippen LogP contribution in [0.1, 0.15) is 18.5 Å². The minimum atomic E-state index is -0.150. The maximum absolute atomic E-state index is 9.11. The van der Waals surface area contributed by atoms with Crippen LogP contribution in [0.15, 0.2) is 24.3 Å². The maximum atomic E-state index is 9.11. The fraction of sp³-hybridized carbons (Fsp3) is 0.538. The number of aliphatic hydroxyl groups excluding tert-OH is 2. The van der Waals surface area contributed by atoms with Crippen molar-refractivity contribution < 1.29 is 10.2 Å². The monoisotopic (exact) mass is 272 g/mol. The summed E-state index contributed by atoms with van der Waals surface area (Å²) in [6, 6.07) is 7.26. The number of nitrogens with two attached hydrogens (primary N) is 1. The Bertz CT molecular complexity index is 355. The van der Waals surface area contributed by atoms with E-state index < -0.39 is 0 Å². The van der Waals surface area contributed by atoms with Gasteiger partial charge in [-0.25, -0.2) is 0 Å². The summed E-state index contributed by atoms with van der Waals surface area (Å²) >= 11 is 6.20. The molecule has 18 heavy (non-hydrogen) atoms. The standard InChI is InChI=1S/C13H21ClN2O2/c1-10(15)13(16(6-8-17)7-9-18)11-4-2-3-5-12(11)14/h2-5,10,13,17-18H,6-9,15H2,1H3. The lowest BCUT2D eigenvalue weighted by atomic mass is 9.99. The van der Waals surface area contributed by atoms with Gasteiger partial charge in [0, 0.05) is 24.2 Å². The van der Waals surface area contributed by atoms with E-state index in [1.165, 1.54) is 0 Å². The fourth-order valence-electron chi connectivity index (χ4n) is 2.17. The maximum Gasteiger partial charge on any atom is 0.0558 e. The van der Waals surface area contributed by atoms with Gasteiger partial charge in [-0.15, -0.1) is 0 Å². The molecule has 0 radical (unpaired) electrons. The summed E-state index contributed by atoms with van der Waals surface area (Å²) in [7, 11) is 0. The minimum Gasteiger partial charge on any atom is -0.395 e. The van der Waals surface area contributed by atoms with Crippen LogP contribution >= 0.6 is 11.6 Å². The highest BCUT2D eigenvalue weighted by atomic mass is 35.5. The highest BCUT2D eigenvalue weighted by molar-refractivity contribution is 6.31. The van der Waals surface area contributed by atoms with Crippen molar-refractivity contribution in [3.05, 3.63) is 34.9 Å². The molecule has 0 aromatic heterocycles. The van der Waals surface area contributed by atoms with Crippen molar-refractivity contribution in [2.75, 3.05) is 26.3 Å². The smallest absolute Gasteiger partial charge is 0.0558 e. The average molecular weight is 273 g/mol. The minimum absolute atomic E-state index is 0.0215. The number of rotatable bonds is 7. The number of hydrogen-bond acceptors (Lipinski definition) is 4. The first-order valence-electron chi connectivity index (χ1n) is 6.07. The molecule has 4 N–H and O–H groups in total. The van der Waals surface area contributed by atoms with Crippen LogP contribution in [0, 0.1) is 0 Å². The zero-order valence-corrected chi connectivity index (χ0v) is 11.3. The van der Waals surface area contributed by atoms with E-state index in [0.29, 0.717) is 18.1 Å². The van der Waals surface area contributed by atoms with Gasteiger partial charge >= 0.3 is 0 Å². The third-order valence-electron chi connectivity index (χ3n) is 2.89. The Labute approximate surface area is 113 Å². The molecule has 0 spiro atoms. The van der Waals surface area contributed by atoms with E-state index in [0.717, 1.165) is 5.56 Å². The lowest BCUT2D eigenvalue weighted by molar-refractivity contribution is 0.111. The highest BCUT2D eigenvalue weighted by Gasteiger charge is 2.25. The van der Waals surface area contributed by atoms with Crippen molar-refractivity contribution in [1.82, 2.24) is 4.90 Å². The van der Waals surface area contributed by atoms with Gasteiger partial charge in [0.15, 0.2) is 0 Å². The molecule has 0 fully saturated rings. The predicted octanol–water partition coefficient (Wildman–Crippen LogP) is 1.01. The summed E-state index contributed by atoms with van der Waals surface area (Å²) in [4.78, 5) is 1.95. The lowest BCUT2D eigenvalue weighted by Crippen LogP contribution is -2.42. The summed E-state index contributed by atoms with van der Waals surface area (Å²) in [6.45, 7) is 2.85. The van der Waals surface area contributed by atoms with Crippen molar-refractivity contribution in [2.24, 2.45) is 5.73 Å². The van der Waals surface area contributed by atoms with E-state index in [-0.39, 0.29) is 25.3 Å². The zero-order valence-electron chi connectivity index (χ0n) is 10.6. The number of nitrogens with zero attached hydrogens (tertiary/aromatic N) is 1. The van der Waals surface area contributed by atoms with Crippen molar-refractivity contribution in [3.8, 4) is 0 Å². The second-order valence-electron chi connectivity index (χ2n) is 4.31. The van der Waals surface area contributed by atoms with Crippen LogP contribution in [0.3, 0.4) is 0 Å². The van der Waals surface area contributed by atoms with E-state index in [9.17, 15) is 0 Å². The van der Waals surface area contributed by atoms with Crippen LogP contribution < -0.4 is 5.73 Å². The Hall–Kier alpha value is -0.650. The molecular weight excluding hydrogens is 252 g/mol. The number of halogens is 1. The summed E-state index contributed by atoms with van der Waals surface area (Å²) < 4.78 is 0. The molecule has 0 aliphatic rings. The van der Waals surface area contributed by atoms with Gasteiger partial charge in [0.25, 0.3) is 0 Å². The van der Waals surface area contributed by atoms with Crippen molar-refractivity contribution in [2.45, 2.75) is 19.0 Å². The van der Waals surface area contributed by atoms with E-state index in [1.54, 1.807) is 0 Å². The Balaban J connectivity index is 3.03. The van der Waals surface area contributed by atoms with Gasteiger partial charge in [0.2, 0.25) is 0 Å². The normalized spacial score (nSPS) is 14.8. The highest BCUT2D eigenvalue weighted by Crippen LogP contribution is 2.29. The van der Waals surface area contributed by atoms with Gasteiger partial charge in [0.1, 0.15) is 0 Å². The Morgan fingerprint density at radius 1 is 1.22 bits per heavy atom. The number of benzene rings is 1. The molecule has 0 heterocycles. The molecule has 0 aliphatic heterocycles. The molecule has 0 saturated heterocycles. The van der Waals surface area contributed by atoms with Crippen molar-refractivity contribution in [3.63, 3.8) is 0 Å². The van der Waals surface area contributed by atoms with Gasteiger partial charge in [-0.2, -0.15) is 0 Å². The third-order valence-corrected chi connectivity index (χ3v) is 3.23.